The van der Waals surface area contributed by atoms with E-state index >= 15 is 0 Å². The van der Waals surface area contributed by atoms with Crippen LogP contribution in [0.5, 0.6) is 0 Å². The number of nitrogens with zero attached hydrogens (tertiary/aromatic N) is 1. The zero-order valence-corrected chi connectivity index (χ0v) is 14.4. The van der Waals surface area contributed by atoms with E-state index in [4.69, 9.17) is 0 Å². The molecule has 23 heavy (non-hydrogen) atoms. The van der Waals surface area contributed by atoms with E-state index in [1.807, 2.05) is 19.1 Å². The molecule has 0 amide bonds. The van der Waals surface area contributed by atoms with E-state index in [1.54, 1.807) is 12.1 Å². The third kappa shape index (κ3) is 2.64. The number of anilines is 1. The summed E-state index contributed by atoms with van der Waals surface area (Å²) < 4.78 is 51.5. The van der Waals surface area contributed by atoms with Crippen LogP contribution in [0.2, 0.25) is 0 Å². The normalized spacial score (nSPS) is 18.0. The van der Waals surface area contributed by atoms with Crippen LogP contribution in [-0.4, -0.2) is 29.1 Å². The van der Waals surface area contributed by atoms with Crippen molar-refractivity contribution in [2.24, 2.45) is 0 Å². The van der Waals surface area contributed by atoms with Gasteiger partial charge in [0.25, 0.3) is 10.0 Å². The van der Waals surface area contributed by atoms with Gasteiger partial charge in [0.1, 0.15) is 4.90 Å². The van der Waals surface area contributed by atoms with E-state index in [2.05, 4.69) is 0 Å². The Kier molecular flexibility index (Phi) is 3.72. The van der Waals surface area contributed by atoms with Gasteiger partial charge < -0.3 is 0 Å². The van der Waals surface area contributed by atoms with Crippen LogP contribution in [0.25, 0.3) is 0 Å². The third-order valence-corrected chi connectivity index (χ3v) is 7.20. The van der Waals surface area contributed by atoms with Gasteiger partial charge in [-0.2, -0.15) is 0 Å². The molecule has 2 aromatic rings. The SMILES string of the molecule is CC1Cc2ccccc2N1S(=O)(=O)c1ccccc1S(C)(=O)=O. The van der Waals surface area contributed by atoms with Crippen molar-refractivity contribution in [3.8, 4) is 0 Å². The van der Waals surface area contributed by atoms with Gasteiger partial charge in [-0.1, -0.05) is 30.3 Å². The Morgan fingerprint density at radius 1 is 0.913 bits per heavy atom. The molecule has 0 saturated carbocycles. The molecule has 0 radical (unpaired) electrons. The zero-order valence-electron chi connectivity index (χ0n) is 12.8. The summed E-state index contributed by atoms with van der Waals surface area (Å²) in [4.78, 5) is -0.345. The van der Waals surface area contributed by atoms with E-state index < -0.39 is 19.9 Å². The Hall–Kier alpha value is -1.86. The first-order valence-corrected chi connectivity index (χ1v) is 10.5. The van der Waals surface area contributed by atoms with Crippen molar-refractivity contribution < 1.29 is 16.8 Å². The van der Waals surface area contributed by atoms with E-state index in [1.165, 1.54) is 28.6 Å². The zero-order chi connectivity index (χ0) is 16.8. The Bertz CT molecular complexity index is 965. The third-order valence-electron chi connectivity index (χ3n) is 3.93. The number of sulfone groups is 1. The van der Waals surface area contributed by atoms with Crippen LogP contribution >= 0.6 is 0 Å². The molecular formula is C16H17NO4S2. The molecule has 122 valence electrons. The molecule has 2 aromatic carbocycles. The van der Waals surface area contributed by atoms with Crippen molar-refractivity contribution in [2.75, 3.05) is 10.6 Å². The quantitative estimate of drug-likeness (QED) is 0.850. The van der Waals surface area contributed by atoms with Gasteiger partial charge in [0.15, 0.2) is 9.84 Å². The average Bonchev–Trinajstić information content (AvgIpc) is 2.82. The molecule has 3 rings (SSSR count). The number of fused-ring (bicyclic) bond motifs is 1. The van der Waals surface area contributed by atoms with Crippen molar-refractivity contribution in [2.45, 2.75) is 29.2 Å². The Morgan fingerprint density at radius 3 is 2.13 bits per heavy atom. The standard InChI is InChI=1S/C16H17NO4S2/c1-12-11-13-7-3-4-8-14(13)17(12)23(20,21)16-10-6-5-9-15(16)22(2,18)19/h3-10,12H,11H2,1-2H3. The van der Waals surface area contributed by atoms with Crippen molar-refractivity contribution in [3.05, 3.63) is 54.1 Å². The molecule has 0 fully saturated rings. The minimum absolute atomic E-state index is 0.170. The summed E-state index contributed by atoms with van der Waals surface area (Å²) in [5.41, 5.74) is 1.56. The highest BCUT2D eigenvalue weighted by atomic mass is 32.2. The predicted octanol–water partition coefficient (Wildman–Crippen LogP) is 2.23. The van der Waals surface area contributed by atoms with Gasteiger partial charge in [0.05, 0.1) is 10.6 Å². The van der Waals surface area contributed by atoms with E-state index in [0.29, 0.717) is 12.1 Å². The van der Waals surface area contributed by atoms with Gasteiger partial charge in [-0.25, -0.2) is 16.8 Å². The molecule has 1 heterocycles. The van der Waals surface area contributed by atoms with Gasteiger partial charge >= 0.3 is 0 Å². The summed E-state index contributed by atoms with van der Waals surface area (Å²) in [6.07, 6.45) is 1.62. The van der Waals surface area contributed by atoms with E-state index in [0.717, 1.165) is 11.8 Å². The molecule has 1 unspecified atom stereocenters. The lowest BCUT2D eigenvalue weighted by Crippen LogP contribution is -2.36. The first-order valence-electron chi connectivity index (χ1n) is 7.14. The van der Waals surface area contributed by atoms with Gasteiger partial charge in [0, 0.05) is 12.3 Å². The lowest BCUT2D eigenvalue weighted by molar-refractivity contribution is 0.576. The molecule has 0 saturated heterocycles. The van der Waals surface area contributed by atoms with Crippen LogP contribution in [0.4, 0.5) is 5.69 Å². The van der Waals surface area contributed by atoms with Crippen LogP contribution < -0.4 is 4.31 Å². The molecule has 0 spiro atoms. The van der Waals surface area contributed by atoms with Crippen LogP contribution in [-0.2, 0) is 26.3 Å². The average molecular weight is 351 g/mol. The Morgan fingerprint density at radius 2 is 1.48 bits per heavy atom. The minimum atomic E-state index is -3.96. The van der Waals surface area contributed by atoms with E-state index in [-0.39, 0.29) is 15.8 Å². The molecular weight excluding hydrogens is 334 g/mol. The molecule has 0 N–H and O–H groups in total. The predicted molar refractivity (Wildman–Crippen MR) is 88.8 cm³/mol. The molecule has 1 aliphatic rings. The summed E-state index contributed by atoms with van der Waals surface area (Å²) >= 11 is 0. The second-order valence-corrected chi connectivity index (χ2v) is 9.47. The number of hydrogen-bond acceptors (Lipinski definition) is 4. The van der Waals surface area contributed by atoms with Crippen molar-refractivity contribution in [1.82, 2.24) is 0 Å². The molecule has 1 atom stereocenters. The number of benzene rings is 2. The molecule has 0 aliphatic carbocycles. The Balaban J connectivity index is 2.22. The van der Waals surface area contributed by atoms with Crippen LogP contribution in [0.15, 0.2) is 58.3 Å². The fraction of sp³-hybridized carbons (Fsp3) is 0.250. The number of rotatable bonds is 3. The smallest absolute Gasteiger partial charge is 0.263 e. The van der Waals surface area contributed by atoms with Crippen molar-refractivity contribution in [3.63, 3.8) is 0 Å². The largest absolute Gasteiger partial charge is 0.265 e. The summed E-state index contributed by atoms with van der Waals surface area (Å²) in [6.45, 7) is 1.82. The summed E-state index contributed by atoms with van der Waals surface area (Å²) in [6, 6.07) is 12.8. The molecule has 0 aromatic heterocycles. The summed E-state index contributed by atoms with van der Waals surface area (Å²) in [5.74, 6) is 0. The summed E-state index contributed by atoms with van der Waals surface area (Å²) in [5, 5.41) is 0. The molecule has 1 aliphatic heterocycles. The second-order valence-electron chi connectivity index (χ2n) is 5.70. The first-order chi connectivity index (χ1) is 10.7. The van der Waals surface area contributed by atoms with Crippen LogP contribution in [0, 0.1) is 0 Å². The maximum Gasteiger partial charge on any atom is 0.265 e. The minimum Gasteiger partial charge on any atom is -0.263 e. The number of sulfonamides is 1. The van der Waals surface area contributed by atoms with Crippen LogP contribution in [0.3, 0.4) is 0 Å². The lowest BCUT2D eigenvalue weighted by Gasteiger charge is -2.25. The van der Waals surface area contributed by atoms with Crippen molar-refractivity contribution in [1.29, 1.82) is 0 Å². The number of para-hydroxylation sites is 1. The lowest BCUT2D eigenvalue weighted by atomic mass is 10.1. The molecule has 7 heteroatoms. The maximum atomic E-state index is 13.1. The highest BCUT2D eigenvalue weighted by Gasteiger charge is 2.37. The molecule has 0 bridgehead atoms. The van der Waals surface area contributed by atoms with Gasteiger partial charge in [-0.3, -0.25) is 4.31 Å². The summed E-state index contributed by atoms with van der Waals surface area (Å²) in [7, 11) is -7.61. The second kappa shape index (κ2) is 5.35. The number of hydrogen-bond donors (Lipinski definition) is 0. The highest BCUT2D eigenvalue weighted by molar-refractivity contribution is 7.95. The maximum absolute atomic E-state index is 13.1. The first kappa shape index (κ1) is 16.0. The van der Waals surface area contributed by atoms with Crippen LogP contribution in [0.1, 0.15) is 12.5 Å². The van der Waals surface area contributed by atoms with Crippen molar-refractivity contribution >= 4 is 25.5 Å². The monoisotopic (exact) mass is 351 g/mol. The molecule has 5 nitrogen and oxygen atoms in total. The Labute approximate surface area is 136 Å². The fourth-order valence-corrected chi connectivity index (χ4v) is 6.28. The van der Waals surface area contributed by atoms with Gasteiger partial charge in [0.2, 0.25) is 0 Å². The fourth-order valence-electron chi connectivity index (χ4n) is 2.98. The van der Waals surface area contributed by atoms with Gasteiger partial charge in [-0.05, 0) is 37.1 Å². The van der Waals surface area contributed by atoms with E-state index in [9.17, 15) is 16.8 Å². The van der Waals surface area contributed by atoms with Gasteiger partial charge in [-0.15, -0.1) is 0 Å². The topological polar surface area (TPSA) is 71.5 Å². The highest BCUT2D eigenvalue weighted by Crippen LogP contribution is 2.37.